The van der Waals surface area contributed by atoms with Crippen LogP contribution in [0.15, 0.2) is 54.6 Å². The Kier molecular flexibility index (Phi) is 6.19. The molecule has 6 nitrogen and oxygen atoms in total. The van der Waals surface area contributed by atoms with Crippen molar-refractivity contribution >= 4 is 23.4 Å². The molecule has 0 aliphatic heterocycles. The molecule has 2 rings (SSSR count). The second-order valence-corrected chi connectivity index (χ2v) is 4.99. The van der Waals surface area contributed by atoms with Gasteiger partial charge in [0.15, 0.2) is 6.10 Å². The van der Waals surface area contributed by atoms with Gasteiger partial charge in [0.1, 0.15) is 5.75 Å². The molecule has 0 radical (unpaired) electrons. The number of para-hydroxylation sites is 1. The molecule has 0 spiro atoms. The first-order chi connectivity index (χ1) is 11.6. The number of hydrogen-bond acceptors (Lipinski definition) is 4. The van der Waals surface area contributed by atoms with E-state index in [1.807, 2.05) is 18.2 Å². The first-order valence-corrected chi connectivity index (χ1v) is 7.65. The summed E-state index contributed by atoms with van der Waals surface area (Å²) in [6, 6.07) is 15.9. The van der Waals surface area contributed by atoms with Gasteiger partial charge in [-0.05, 0) is 38.1 Å². The van der Waals surface area contributed by atoms with Crippen molar-refractivity contribution in [3.63, 3.8) is 0 Å². The van der Waals surface area contributed by atoms with Crippen molar-refractivity contribution < 1.29 is 19.1 Å². The van der Waals surface area contributed by atoms with Crippen LogP contribution in [0.3, 0.4) is 0 Å². The van der Waals surface area contributed by atoms with Crippen molar-refractivity contribution in [2.24, 2.45) is 0 Å². The number of ether oxygens (including phenoxy) is 2. The quantitative estimate of drug-likeness (QED) is 0.848. The first kappa shape index (κ1) is 17.3. The molecule has 1 unspecified atom stereocenters. The Morgan fingerprint density at radius 1 is 1.00 bits per heavy atom. The zero-order valence-corrected chi connectivity index (χ0v) is 13.6. The van der Waals surface area contributed by atoms with Gasteiger partial charge in [0.05, 0.1) is 6.61 Å². The predicted octanol–water partition coefficient (Wildman–Crippen LogP) is 3.66. The van der Waals surface area contributed by atoms with E-state index in [9.17, 15) is 9.59 Å². The van der Waals surface area contributed by atoms with Gasteiger partial charge in [-0.25, -0.2) is 4.79 Å². The highest BCUT2D eigenvalue weighted by molar-refractivity contribution is 5.94. The molecule has 1 atom stereocenters. The van der Waals surface area contributed by atoms with E-state index in [1.54, 1.807) is 50.2 Å². The number of nitrogens with one attached hydrogen (secondary N) is 2. The van der Waals surface area contributed by atoms with Crippen LogP contribution in [0.25, 0.3) is 0 Å². The lowest BCUT2D eigenvalue weighted by molar-refractivity contribution is -0.122. The van der Waals surface area contributed by atoms with Crippen LogP contribution in [0.4, 0.5) is 16.2 Å². The van der Waals surface area contributed by atoms with Crippen LogP contribution in [0.1, 0.15) is 13.8 Å². The maximum Gasteiger partial charge on any atom is 0.411 e. The fourth-order valence-electron chi connectivity index (χ4n) is 1.96. The largest absolute Gasteiger partial charge is 0.481 e. The first-order valence-electron chi connectivity index (χ1n) is 7.65. The summed E-state index contributed by atoms with van der Waals surface area (Å²) in [6.07, 6.45) is -1.23. The highest BCUT2D eigenvalue weighted by Gasteiger charge is 2.15. The van der Waals surface area contributed by atoms with Gasteiger partial charge in [0.2, 0.25) is 0 Å². The van der Waals surface area contributed by atoms with E-state index >= 15 is 0 Å². The lowest BCUT2D eigenvalue weighted by Gasteiger charge is -2.15. The summed E-state index contributed by atoms with van der Waals surface area (Å²) in [7, 11) is 0. The summed E-state index contributed by atoms with van der Waals surface area (Å²) in [5.41, 5.74) is 1.23. The molecule has 2 N–H and O–H groups in total. The van der Waals surface area contributed by atoms with Gasteiger partial charge in [0, 0.05) is 17.4 Å². The van der Waals surface area contributed by atoms with E-state index in [-0.39, 0.29) is 5.91 Å². The molecule has 0 saturated heterocycles. The number of carbonyl (C=O) groups is 2. The standard InChI is InChI=1S/C18H20N2O4/c1-3-23-18(22)20-15-10-7-11-16(12-15)24-13(2)17(21)19-14-8-5-4-6-9-14/h4-13H,3H2,1-2H3,(H,19,21)(H,20,22). The SMILES string of the molecule is CCOC(=O)Nc1cccc(OC(C)C(=O)Nc2ccccc2)c1. The molecule has 2 aromatic rings. The minimum absolute atomic E-state index is 0.259. The normalized spacial score (nSPS) is 11.2. The molecular formula is C18H20N2O4. The van der Waals surface area contributed by atoms with E-state index in [2.05, 4.69) is 10.6 Å². The molecule has 0 aliphatic carbocycles. The fraction of sp³-hybridized carbons (Fsp3) is 0.222. The number of amides is 2. The minimum atomic E-state index is -0.692. The second-order valence-electron chi connectivity index (χ2n) is 4.99. The topological polar surface area (TPSA) is 76.7 Å². The Bertz CT molecular complexity index is 688. The highest BCUT2D eigenvalue weighted by Crippen LogP contribution is 2.19. The molecule has 0 bridgehead atoms. The third-order valence-corrected chi connectivity index (χ3v) is 3.08. The molecule has 6 heteroatoms. The Labute approximate surface area is 140 Å². The van der Waals surface area contributed by atoms with Crippen molar-refractivity contribution in [2.45, 2.75) is 20.0 Å². The molecule has 0 heterocycles. The third-order valence-electron chi connectivity index (χ3n) is 3.08. The van der Waals surface area contributed by atoms with Gasteiger partial charge in [0.25, 0.3) is 5.91 Å². The lowest BCUT2D eigenvalue weighted by Crippen LogP contribution is -2.30. The molecule has 0 aliphatic rings. The van der Waals surface area contributed by atoms with Crippen molar-refractivity contribution in [3.05, 3.63) is 54.6 Å². The minimum Gasteiger partial charge on any atom is -0.481 e. The van der Waals surface area contributed by atoms with Crippen LogP contribution < -0.4 is 15.4 Å². The summed E-state index contributed by atoms with van der Waals surface area (Å²) < 4.78 is 10.4. The average Bonchev–Trinajstić information content (AvgIpc) is 2.56. The Morgan fingerprint density at radius 2 is 1.71 bits per heavy atom. The second kappa shape index (κ2) is 8.57. The van der Waals surface area contributed by atoms with E-state index < -0.39 is 12.2 Å². The van der Waals surface area contributed by atoms with Gasteiger partial charge >= 0.3 is 6.09 Å². The summed E-state index contributed by atoms with van der Waals surface area (Å²) in [5.74, 6) is 0.213. The monoisotopic (exact) mass is 328 g/mol. The van der Waals surface area contributed by atoms with Crippen LogP contribution >= 0.6 is 0 Å². The molecule has 126 valence electrons. The lowest BCUT2D eigenvalue weighted by atomic mass is 10.2. The molecule has 0 saturated carbocycles. The van der Waals surface area contributed by atoms with Crippen molar-refractivity contribution in [3.8, 4) is 5.75 Å². The molecule has 0 aromatic heterocycles. The van der Waals surface area contributed by atoms with Crippen LogP contribution in [-0.2, 0) is 9.53 Å². The predicted molar refractivity (Wildman–Crippen MR) is 92.2 cm³/mol. The van der Waals surface area contributed by atoms with Gasteiger partial charge < -0.3 is 14.8 Å². The Balaban J connectivity index is 1.94. The average molecular weight is 328 g/mol. The molecule has 2 aromatic carbocycles. The van der Waals surface area contributed by atoms with Crippen molar-refractivity contribution in [1.29, 1.82) is 0 Å². The third kappa shape index (κ3) is 5.31. The number of carbonyl (C=O) groups excluding carboxylic acids is 2. The smallest absolute Gasteiger partial charge is 0.411 e. The molecule has 24 heavy (non-hydrogen) atoms. The van der Waals surface area contributed by atoms with Crippen LogP contribution in [0, 0.1) is 0 Å². The maximum absolute atomic E-state index is 12.1. The molecule has 2 amide bonds. The van der Waals surface area contributed by atoms with Crippen LogP contribution in [0.2, 0.25) is 0 Å². The maximum atomic E-state index is 12.1. The zero-order chi connectivity index (χ0) is 17.4. The number of benzene rings is 2. The van der Waals surface area contributed by atoms with E-state index in [0.29, 0.717) is 23.7 Å². The number of rotatable bonds is 6. The summed E-state index contributed by atoms with van der Waals surface area (Å²) in [6.45, 7) is 3.68. The molecular weight excluding hydrogens is 308 g/mol. The van der Waals surface area contributed by atoms with Crippen LogP contribution in [0.5, 0.6) is 5.75 Å². The van der Waals surface area contributed by atoms with Crippen LogP contribution in [-0.4, -0.2) is 24.7 Å². The summed E-state index contributed by atoms with van der Waals surface area (Å²) in [4.78, 5) is 23.6. The van der Waals surface area contributed by atoms with Gasteiger partial charge in [-0.15, -0.1) is 0 Å². The summed E-state index contributed by atoms with van der Waals surface area (Å²) >= 11 is 0. The zero-order valence-electron chi connectivity index (χ0n) is 13.6. The highest BCUT2D eigenvalue weighted by atomic mass is 16.5. The van der Waals surface area contributed by atoms with Crippen molar-refractivity contribution in [1.82, 2.24) is 0 Å². The van der Waals surface area contributed by atoms with Gasteiger partial charge in [-0.3, -0.25) is 10.1 Å². The summed E-state index contributed by atoms with van der Waals surface area (Å²) in [5, 5.41) is 5.36. The van der Waals surface area contributed by atoms with Crippen molar-refractivity contribution in [2.75, 3.05) is 17.2 Å². The van der Waals surface area contributed by atoms with Gasteiger partial charge in [-0.1, -0.05) is 24.3 Å². The van der Waals surface area contributed by atoms with Gasteiger partial charge in [-0.2, -0.15) is 0 Å². The Morgan fingerprint density at radius 3 is 2.42 bits per heavy atom. The Hall–Kier alpha value is -3.02. The van der Waals surface area contributed by atoms with E-state index in [4.69, 9.17) is 9.47 Å². The fourth-order valence-corrected chi connectivity index (χ4v) is 1.96. The van der Waals surface area contributed by atoms with E-state index in [0.717, 1.165) is 0 Å². The number of anilines is 2. The van der Waals surface area contributed by atoms with E-state index in [1.165, 1.54) is 0 Å². The molecule has 0 fully saturated rings. The number of hydrogen-bond donors (Lipinski definition) is 2.